The zero-order valence-electron chi connectivity index (χ0n) is 14.7. The molecule has 0 aliphatic heterocycles. The van der Waals surface area contributed by atoms with E-state index in [1.807, 2.05) is 27.7 Å². The maximum atomic E-state index is 11.7. The SMILES string of the molecule is CCC(C)[C@@H](CO)NC(=O)COCC(=O)N[C@H](CO)C(C)CC. The normalized spacial score (nSPS) is 16.3. The zero-order valence-corrected chi connectivity index (χ0v) is 14.7. The van der Waals surface area contributed by atoms with Gasteiger partial charge >= 0.3 is 0 Å². The van der Waals surface area contributed by atoms with Gasteiger partial charge in [-0.3, -0.25) is 9.59 Å². The number of amides is 2. The van der Waals surface area contributed by atoms with E-state index in [1.165, 1.54) is 0 Å². The van der Waals surface area contributed by atoms with Crippen molar-refractivity contribution in [2.24, 2.45) is 11.8 Å². The smallest absolute Gasteiger partial charge is 0.246 e. The second kappa shape index (κ2) is 12.3. The number of aliphatic hydroxyl groups is 2. The average Bonchev–Trinajstić information content (AvgIpc) is 2.55. The highest BCUT2D eigenvalue weighted by Crippen LogP contribution is 2.07. The van der Waals surface area contributed by atoms with Gasteiger partial charge in [0.15, 0.2) is 0 Å². The van der Waals surface area contributed by atoms with Crippen molar-refractivity contribution in [3.8, 4) is 0 Å². The third-order valence-electron chi connectivity index (χ3n) is 4.21. The van der Waals surface area contributed by atoms with Crippen LogP contribution in [0, 0.1) is 11.8 Å². The van der Waals surface area contributed by atoms with Crippen LogP contribution in [0.15, 0.2) is 0 Å². The lowest BCUT2D eigenvalue weighted by Gasteiger charge is -2.23. The Balaban J connectivity index is 4.09. The molecule has 0 rings (SSSR count). The molecule has 0 radical (unpaired) electrons. The van der Waals surface area contributed by atoms with Gasteiger partial charge < -0.3 is 25.6 Å². The van der Waals surface area contributed by atoms with Crippen LogP contribution in [-0.2, 0) is 14.3 Å². The first-order chi connectivity index (χ1) is 10.9. The molecule has 0 aromatic carbocycles. The molecular weight excluding hydrogens is 300 g/mol. The zero-order chi connectivity index (χ0) is 17.8. The summed E-state index contributed by atoms with van der Waals surface area (Å²) in [5.41, 5.74) is 0. The van der Waals surface area contributed by atoms with Gasteiger partial charge in [-0.2, -0.15) is 0 Å². The molecule has 0 saturated heterocycles. The van der Waals surface area contributed by atoms with Gasteiger partial charge in [-0.1, -0.05) is 40.5 Å². The number of aliphatic hydroxyl groups excluding tert-OH is 2. The lowest BCUT2D eigenvalue weighted by atomic mass is 10.00. The Morgan fingerprint density at radius 2 is 1.22 bits per heavy atom. The fourth-order valence-corrected chi connectivity index (χ4v) is 2.04. The molecule has 0 aromatic rings. The Labute approximate surface area is 138 Å². The van der Waals surface area contributed by atoms with Gasteiger partial charge in [0.1, 0.15) is 13.2 Å². The van der Waals surface area contributed by atoms with Crippen LogP contribution in [0.4, 0.5) is 0 Å². The first kappa shape index (κ1) is 21.8. The summed E-state index contributed by atoms with van der Waals surface area (Å²) in [4.78, 5) is 23.5. The summed E-state index contributed by atoms with van der Waals surface area (Å²) >= 11 is 0. The van der Waals surface area contributed by atoms with E-state index in [2.05, 4.69) is 10.6 Å². The molecule has 0 spiro atoms. The van der Waals surface area contributed by atoms with E-state index in [0.29, 0.717) is 0 Å². The van der Waals surface area contributed by atoms with E-state index in [0.717, 1.165) is 12.8 Å². The van der Waals surface area contributed by atoms with Gasteiger partial charge in [-0.05, 0) is 11.8 Å². The summed E-state index contributed by atoms with van der Waals surface area (Å²) in [5, 5.41) is 23.9. The third-order valence-corrected chi connectivity index (χ3v) is 4.21. The molecule has 23 heavy (non-hydrogen) atoms. The van der Waals surface area contributed by atoms with Crippen molar-refractivity contribution in [1.82, 2.24) is 10.6 Å². The maximum absolute atomic E-state index is 11.7. The van der Waals surface area contributed by atoms with Crippen LogP contribution in [0.1, 0.15) is 40.5 Å². The summed E-state index contributed by atoms with van der Waals surface area (Å²) in [7, 11) is 0. The molecule has 0 saturated carbocycles. The van der Waals surface area contributed by atoms with Crippen LogP contribution in [0.3, 0.4) is 0 Å². The number of nitrogens with one attached hydrogen (secondary N) is 2. The number of hydrogen-bond acceptors (Lipinski definition) is 5. The Morgan fingerprint density at radius 3 is 1.48 bits per heavy atom. The quantitative estimate of drug-likeness (QED) is 0.404. The molecule has 4 N–H and O–H groups in total. The van der Waals surface area contributed by atoms with Gasteiger partial charge in [0.05, 0.1) is 25.3 Å². The van der Waals surface area contributed by atoms with Gasteiger partial charge in [0.2, 0.25) is 11.8 Å². The molecule has 7 heteroatoms. The molecule has 0 aliphatic rings. The van der Waals surface area contributed by atoms with Crippen LogP contribution >= 0.6 is 0 Å². The first-order valence-electron chi connectivity index (χ1n) is 8.27. The van der Waals surface area contributed by atoms with E-state index in [4.69, 9.17) is 4.74 Å². The molecule has 4 atom stereocenters. The molecule has 2 amide bonds. The number of carbonyl (C=O) groups excluding carboxylic acids is 2. The van der Waals surface area contributed by atoms with Crippen molar-refractivity contribution in [3.05, 3.63) is 0 Å². The average molecular weight is 332 g/mol. The lowest BCUT2D eigenvalue weighted by molar-refractivity contribution is -0.132. The van der Waals surface area contributed by atoms with Crippen LogP contribution in [0.25, 0.3) is 0 Å². The van der Waals surface area contributed by atoms with Crippen LogP contribution < -0.4 is 10.6 Å². The topological polar surface area (TPSA) is 108 Å². The minimum Gasteiger partial charge on any atom is -0.394 e. The fraction of sp³-hybridized carbons (Fsp3) is 0.875. The molecular formula is C16H32N2O5. The standard InChI is InChI=1S/C16H32N2O5/c1-5-11(3)13(7-19)17-15(21)9-23-10-16(22)18-14(8-20)12(4)6-2/h11-14,19-20H,5-10H2,1-4H3,(H,17,21)(H,18,22)/t11?,12?,13-,14-/m1/s1. The highest BCUT2D eigenvalue weighted by Gasteiger charge is 2.19. The van der Waals surface area contributed by atoms with E-state index in [1.54, 1.807) is 0 Å². The van der Waals surface area contributed by atoms with E-state index in [9.17, 15) is 19.8 Å². The van der Waals surface area contributed by atoms with E-state index in [-0.39, 0.29) is 62.2 Å². The van der Waals surface area contributed by atoms with Crippen molar-refractivity contribution < 1.29 is 24.5 Å². The molecule has 0 bridgehead atoms. The van der Waals surface area contributed by atoms with E-state index < -0.39 is 0 Å². The Bertz CT molecular complexity index is 319. The summed E-state index contributed by atoms with van der Waals surface area (Å²) in [6, 6.07) is -0.622. The largest absolute Gasteiger partial charge is 0.394 e. The minimum absolute atomic E-state index is 0.131. The minimum atomic E-state index is -0.363. The Kier molecular flexibility index (Phi) is 11.6. The second-order valence-electron chi connectivity index (χ2n) is 5.98. The Morgan fingerprint density at radius 1 is 0.870 bits per heavy atom. The van der Waals surface area contributed by atoms with Crippen molar-refractivity contribution in [3.63, 3.8) is 0 Å². The monoisotopic (exact) mass is 332 g/mol. The predicted molar refractivity (Wildman–Crippen MR) is 87.8 cm³/mol. The number of carbonyl (C=O) groups is 2. The van der Waals surface area contributed by atoms with Gasteiger partial charge in [-0.25, -0.2) is 0 Å². The maximum Gasteiger partial charge on any atom is 0.246 e. The lowest BCUT2D eigenvalue weighted by Crippen LogP contribution is -2.45. The summed E-state index contributed by atoms with van der Waals surface area (Å²) in [5.74, 6) is -0.406. The molecule has 0 aliphatic carbocycles. The third kappa shape index (κ3) is 8.88. The Hall–Kier alpha value is -1.18. The molecule has 136 valence electrons. The molecule has 0 aromatic heterocycles. The summed E-state index contributed by atoms with van der Waals surface area (Å²) < 4.78 is 5.09. The fourth-order valence-electron chi connectivity index (χ4n) is 2.04. The number of rotatable bonds is 12. The van der Waals surface area contributed by atoms with Crippen molar-refractivity contribution in [2.45, 2.75) is 52.6 Å². The van der Waals surface area contributed by atoms with Crippen LogP contribution in [0.2, 0.25) is 0 Å². The van der Waals surface area contributed by atoms with Gasteiger partial charge in [0, 0.05) is 0 Å². The van der Waals surface area contributed by atoms with Crippen LogP contribution in [-0.4, -0.2) is 60.5 Å². The number of ether oxygens (including phenoxy) is 1. The van der Waals surface area contributed by atoms with Crippen LogP contribution in [0.5, 0.6) is 0 Å². The van der Waals surface area contributed by atoms with Crippen molar-refractivity contribution in [2.75, 3.05) is 26.4 Å². The van der Waals surface area contributed by atoms with Crippen molar-refractivity contribution in [1.29, 1.82) is 0 Å². The van der Waals surface area contributed by atoms with Gasteiger partial charge in [0.25, 0.3) is 0 Å². The molecule has 7 nitrogen and oxygen atoms in total. The number of hydrogen-bond donors (Lipinski definition) is 4. The highest BCUT2D eigenvalue weighted by atomic mass is 16.5. The summed E-state index contributed by atoms with van der Waals surface area (Å²) in [6.07, 6.45) is 1.68. The second-order valence-corrected chi connectivity index (χ2v) is 5.98. The van der Waals surface area contributed by atoms with Crippen molar-refractivity contribution >= 4 is 11.8 Å². The van der Waals surface area contributed by atoms with E-state index >= 15 is 0 Å². The van der Waals surface area contributed by atoms with Gasteiger partial charge in [-0.15, -0.1) is 0 Å². The predicted octanol–water partition coefficient (Wildman–Crippen LogP) is 0.0494. The first-order valence-corrected chi connectivity index (χ1v) is 8.27. The molecule has 0 heterocycles. The highest BCUT2D eigenvalue weighted by molar-refractivity contribution is 5.79. The summed E-state index contributed by atoms with van der Waals surface area (Å²) in [6.45, 7) is 7.10. The molecule has 2 unspecified atom stereocenters. The molecule has 0 fully saturated rings.